The van der Waals surface area contributed by atoms with Crippen molar-refractivity contribution in [2.75, 3.05) is 0 Å². The van der Waals surface area contributed by atoms with Crippen molar-refractivity contribution in [2.24, 2.45) is 0 Å². The monoisotopic (exact) mass is 366 g/mol. The topological polar surface area (TPSA) is 24.1 Å². The zero-order valence-electron chi connectivity index (χ0n) is 14.4. The van der Waals surface area contributed by atoms with E-state index in [2.05, 4.69) is 43.5 Å². The smallest absolute Gasteiger partial charge is 0.166 e. The first-order chi connectivity index (χ1) is 11.7. The van der Waals surface area contributed by atoms with Crippen LogP contribution in [0.1, 0.15) is 37.5 Å². The van der Waals surface area contributed by atoms with Crippen LogP contribution in [0, 0.1) is 17.5 Å². The highest BCUT2D eigenvalue weighted by Crippen LogP contribution is 2.22. The van der Waals surface area contributed by atoms with Gasteiger partial charge in [-0.25, -0.2) is 13.2 Å². The minimum atomic E-state index is -1.20. The molecule has 0 bridgehead atoms. The number of halogens is 3. The van der Waals surface area contributed by atoms with Gasteiger partial charge in [-0.3, -0.25) is 0 Å². The van der Waals surface area contributed by atoms with Crippen LogP contribution in [0.3, 0.4) is 0 Å². The normalized spacial score (nSPS) is 11.3. The summed E-state index contributed by atoms with van der Waals surface area (Å²) in [5.41, 5.74) is 1.97. The number of nitrogens with one attached hydrogen (secondary N) is 2. The number of hydrogen-bond acceptors (Lipinski definition) is 1. The van der Waals surface area contributed by atoms with Gasteiger partial charge in [-0.05, 0) is 40.9 Å². The molecule has 134 valence electrons. The van der Waals surface area contributed by atoms with Gasteiger partial charge in [0.25, 0.3) is 0 Å². The molecule has 0 aromatic heterocycles. The van der Waals surface area contributed by atoms with Crippen molar-refractivity contribution in [1.29, 1.82) is 0 Å². The molecule has 0 unspecified atom stereocenters. The number of benzene rings is 2. The lowest BCUT2D eigenvalue weighted by Gasteiger charge is -2.19. The molecule has 2 nitrogen and oxygen atoms in total. The third kappa shape index (κ3) is 5.19. The van der Waals surface area contributed by atoms with Gasteiger partial charge in [-0.15, -0.1) is 0 Å². The van der Waals surface area contributed by atoms with Crippen molar-refractivity contribution < 1.29 is 13.2 Å². The van der Waals surface area contributed by atoms with Crippen LogP contribution in [0.25, 0.3) is 0 Å². The van der Waals surface area contributed by atoms with Crippen molar-refractivity contribution >= 4 is 17.3 Å². The summed E-state index contributed by atoms with van der Waals surface area (Å²) in [4.78, 5) is 0. The van der Waals surface area contributed by atoms with Crippen LogP contribution in [0.4, 0.5) is 13.2 Å². The van der Waals surface area contributed by atoms with E-state index in [1.54, 1.807) is 0 Å². The Kier molecular flexibility index (Phi) is 6.06. The molecular formula is C19H21F3N2S. The lowest BCUT2D eigenvalue weighted by Crippen LogP contribution is -2.34. The number of hydrogen-bond donors (Lipinski definition) is 2. The van der Waals surface area contributed by atoms with Crippen LogP contribution < -0.4 is 10.6 Å². The summed E-state index contributed by atoms with van der Waals surface area (Å²) >= 11 is 5.10. The van der Waals surface area contributed by atoms with Gasteiger partial charge >= 0.3 is 0 Å². The van der Waals surface area contributed by atoms with E-state index in [-0.39, 0.29) is 22.6 Å². The molecule has 0 aliphatic carbocycles. The highest BCUT2D eigenvalue weighted by Gasteiger charge is 2.14. The van der Waals surface area contributed by atoms with E-state index in [0.717, 1.165) is 17.7 Å². The predicted octanol–water partition coefficient (Wildman–Crippen LogP) is 4.57. The van der Waals surface area contributed by atoms with Crippen LogP contribution in [-0.4, -0.2) is 5.11 Å². The third-order valence-electron chi connectivity index (χ3n) is 3.84. The standard InChI is InChI=1S/C19H21F3N2S/c1-19(2,3)13-6-4-12(5-7-13)10-23-18(25)24-11-14-15(20)8-9-16(21)17(14)22/h4-9H,10-11H2,1-3H3,(H2,23,24,25). The fraction of sp³-hybridized carbons (Fsp3) is 0.316. The Morgan fingerprint density at radius 3 is 2.04 bits per heavy atom. The molecule has 2 aromatic carbocycles. The molecule has 0 saturated carbocycles. The maximum absolute atomic E-state index is 13.6. The highest BCUT2D eigenvalue weighted by molar-refractivity contribution is 7.80. The minimum absolute atomic E-state index is 0.0852. The number of rotatable bonds is 4. The average molecular weight is 366 g/mol. The molecule has 25 heavy (non-hydrogen) atoms. The van der Waals surface area contributed by atoms with Crippen molar-refractivity contribution in [3.8, 4) is 0 Å². The third-order valence-corrected chi connectivity index (χ3v) is 4.13. The Balaban J connectivity index is 1.88. The second-order valence-electron chi connectivity index (χ2n) is 6.80. The van der Waals surface area contributed by atoms with Gasteiger partial charge in [0.15, 0.2) is 16.7 Å². The Bertz CT molecular complexity index is 752. The summed E-state index contributed by atoms with van der Waals surface area (Å²) in [6, 6.07) is 9.77. The second kappa shape index (κ2) is 7.87. The Morgan fingerprint density at radius 1 is 0.880 bits per heavy atom. The quantitative estimate of drug-likeness (QED) is 0.612. The van der Waals surface area contributed by atoms with Crippen LogP contribution in [0.5, 0.6) is 0 Å². The fourth-order valence-electron chi connectivity index (χ4n) is 2.27. The van der Waals surface area contributed by atoms with Gasteiger partial charge < -0.3 is 10.6 Å². The van der Waals surface area contributed by atoms with Crippen molar-refractivity contribution in [3.05, 3.63) is 70.5 Å². The van der Waals surface area contributed by atoms with E-state index < -0.39 is 17.5 Å². The van der Waals surface area contributed by atoms with Gasteiger partial charge in [0.05, 0.1) is 0 Å². The van der Waals surface area contributed by atoms with Crippen molar-refractivity contribution in [3.63, 3.8) is 0 Å². The SMILES string of the molecule is CC(C)(C)c1ccc(CNC(=S)NCc2c(F)ccc(F)c2F)cc1. The van der Waals surface area contributed by atoms with Gasteiger partial charge in [-0.1, -0.05) is 45.0 Å². The highest BCUT2D eigenvalue weighted by atomic mass is 32.1. The van der Waals surface area contributed by atoms with Crippen LogP contribution >= 0.6 is 12.2 Å². The maximum atomic E-state index is 13.6. The Labute approximate surface area is 151 Å². The molecule has 0 aliphatic heterocycles. The first kappa shape index (κ1) is 19.2. The van der Waals surface area contributed by atoms with Crippen LogP contribution in [0.15, 0.2) is 36.4 Å². The van der Waals surface area contributed by atoms with Crippen LogP contribution in [0.2, 0.25) is 0 Å². The summed E-state index contributed by atoms with van der Waals surface area (Å²) in [7, 11) is 0. The van der Waals surface area contributed by atoms with Crippen molar-refractivity contribution in [2.45, 2.75) is 39.3 Å². The molecular weight excluding hydrogens is 345 g/mol. The summed E-state index contributed by atoms with van der Waals surface area (Å²) < 4.78 is 40.3. The zero-order valence-corrected chi connectivity index (χ0v) is 15.2. The predicted molar refractivity (Wildman–Crippen MR) is 97.7 cm³/mol. The fourth-order valence-corrected chi connectivity index (χ4v) is 2.41. The van der Waals surface area contributed by atoms with E-state index in [1.807, 2.05) is 12.1 Å². The van der Waals surface area contributed by atoms with E-state index in [4.69, 9.17) is 12.2 Å². The Hall–Kier alpha value is -2.08. The summed E-state index contributed by atoms with van der Waals surface area (Å²) in [6.07, 6.45) is 0. The molecule has 0 amide bonds. The number of thiocarbonyl (C=S) groups is 1. The van der Waals surface area contributed by atoms with Gasteiger partial charge in [0.1, 0.15) is 5.82 Å². The zero-order chi connectivity index (χ0) is 18.6. The van der Waals surface area contributed by atoms with Crippen LogP contribution in [-0.2, 0) is 18.5 Å². The molecule has 0 atom stereocenters. The average Bonchev–Trinajstić information content (AvgIpc) is 2.56. The molecule has 2 N–H and O–H groups in total. The van der Waals surface area contributed by atoms with Gasteiger partial charge in [0, 0.05) is 18.7 Å². The maximum Gasteiger partial charge on any atom is 0.166 e. The lowest BCUT2D eigenvalue weighted by molar-refractivity contribution is 0.477. The summed E-state index contributed by atoms with van der Waals surface area (Å²) in [6.45, 7) is 6.67. The molecule has 2 rings (SSSR count). The van der Waals surface area contributed by atoms with E-state index in [0.29, 0.717) is 6.54 Å². The molecule has 0 saturated heterocycles. The van der Waals surface area contributed by atoms with Gasteiger partial charge in [0.2, 0.25) is 0 Å². The molecule has 0 fully saturated rings. The summed E-state index contributed by atoms with van der Waals surface area (Å²) in [5, 5.41) is 5.89. The molecule has 6 heteroatoms. The largest absolute Gasteiger partial charge is 0.359 e. The molecule has 0 aliphatic rings. The minimum Gasteiger partial charge on any atom is -0.359 e. The van der Waals surface area contributed by atoms with E-state index in [9.17, 15) is 13.2 Å². The molecule has 0 heterocycles. The second-order valence-corrected chi connectivity index (χ2v) is 7.21. The van der Waals surface area contributed by atoms with Gasteiger partial charge in [-0.2, -0.15) is 0 Å². The molecule has 0 spiro atoms. The van der Waals surface area contributed by atoms with E-state index >= 15 is 0 Å². The lowest BCUT2D eigenvalue weighted by atomic mass is 9.87. The van der Waals surface area contributed by atoms with Crippen molar-refractivity contribution in [1.82, 2.24) is 10.6 Å². The Morgan fingerprint density at radius 2 is 1.44 bits per heavy atom. The van der Waals surface area contributed by atoms with E-state index in [1.165, 1.54) is 5.56 Å². The summed E-state index contributed by atoms with van der Waals surface area (Å²) in [5.74, 6) is -3.10. The first-order valence-corrected chi connectivity index (χ1v) is 8.33. The molecule has 0 radical (unpaired) electrons. The first-order valence-electron chi connectivity index (χ1n) is 7.92. The molecule has 2 aromatic rings.